The summed E-state index contributed by atoms with van der Waals surface area (Å²) in [5, 5.41) is 3.96. The van der Waals surface area contributed by atoms with E-state index in [1.165, 1.54) is 19.2 Å². The molecule has 1 heterocycles. The van der Waals surface area contributed by atoms with Crippen molar-refractivity contribution in [3.8, 4) is 0 Å². The second-order valence-corrected chi connectivity index (χ2v) is 6.23. The maximum Gasteiger partial charge on any atom is 0.328 e. The lowest BCUT2D eigenvalue weighted by molar-refractivity contribution is -0.142. The van der Waals surface area contributed by atoms with E-state index in [0.29, 0.717) is 10.6 Å². The molecule has 5 nitrogen and oxygen atoms in total. The Morgan fingerprint density at radius 1 is 1.23 bits per heavy atom. The molecule has 0 aliphatic heterocycles. The summed E-state index contributed by atoms with van der Waals surface area (Å²) in [6, 6.07) is 11.8. The summed E-state index contributed by atoms with van der Waals surface area (Å²) < 4.78 is 18.1. The summed E-state index contributed by atoms with van der Waals surface area (Å²) in [5.74, 6) is -1.49. The molecule has 0 fully saturated rings. The summed E-state index contributed by atoms with van der Waals surface area (Å²) >= 11 is 5.95. The fraction of sp³-hybridized carbons (Fsp3) is 0.158. The molecule has 2 N–H and O–H groups in total. The number of methoxy groups -OCH3 is 1. The van der Waals surface area contributed by atoms with Crippen LogP contribution in [0.3, 0.4) is 0 Å². The molecule has 0 saturated carbocycles. The van der Waals surface area contributed by atoms with Crippen molar-refractivity contribution in [2.75, 3.05) is 7.11 Å². The summed E-state index contributed by atoms with van der Waals surface area (Å²) in [5.41, 5.74) is 1.61. The molecule has 0 aliphatic carbocycles. The number of carbonyl (C=O) groups is 2. The Bertz CT molecular complexity index is 970. The second kappa shape index (κ2) is 7.58. The van der Waals surface area contributed by atoms with Crippen molar-refractivity contribution in [1.29, 1.82) is 0 Å². The van der Waals surface area contributed by atoms with E-state index in [1.807, 2.05) is 0 Å². The average Bonchev–Trinajstić information content (AvgIpc) is 3.03. The lowest BCUT2D eigenvalue weighted by Gasteiger charge is -2.16. The van der Waals surface area contributed by atoms with Crippen molar-refractivity contribution in [3.63, 3.8) is 0 Å². The predicted octanol–water partition coefficient (Wildman–Crippen LogP) is 3.47. The monoisotopic (exact) mass is 374 g/mol. The zero-order valence-corrected chi connectivity index (χ0v) is 14.6. The number of aromatic nitrogens is 1. The highest BCUT2D eigenvalue weighted by atomic mass is 35.5. The van der Waals surface area contributed by atoms with Crippen molar-refractivity contribution < 1.29 is 18.7 Å². The number of hydrogen-bond donors (Lipinski definition) is 2. The number of carbonyl (C=O) groups excluding carboxylic acids is 2. The topological polar surface area (TPSA) is 71.2 Å². The van der Waals surface area contributed by atoms with E-state index in [1.54, 1.807) is 36.4 Å². The van der Waals surface area contributed by atoms with Gasteiger partial charge in [-0.1, -0.05) is 23.7 Å². The van der Waals surface area contributed by atoms with Crippen LogP contribution in [-0.4, -0.2) is 30.0 Å². The van der Waals surface area contributed by atoms with Gasteiger partial charge in [0.1, 0.15) is 17.6 Å². The molecule has 0 radical (unpaired) electrons. The molecule has 26 heavy (non-hydrogen) atoms. The third kappa shape index (κ3) is 4.03. The number of aromatic amines is 1. The van der Waals surface area contributed by atoms with Crippen LogP contribution in [0, 0.1) is 5.82 Å². The standard InChI is InChI=1S/C19H16ClFN2O3/c1-26-19(25)17(8-11-3-2-4-14(21)7-11)23-18(24)16-10-12-9-13(20)5-6-15(12)22-16/h2-7,9-10,17,22H,8H2,1H3,(H,23,24)/t17-/m1/s1. The molecule has 3 rings (SSSR count). The Balaban J connectivity index is 1.80. The number of nitrogens with one attached hydrogen (secondary N) is 2. The maximum absolute atomic E-state index is 13.4. The van der Waals surface area contributed by atoms with Crippen LogP contribution in [0.25, 0.3) is 10.9 Å². The van der Waals surface area contributed by atoms with Crippen molar-refractivity contribution in [2.45, 2.75) is 12.5 Å². The highest BCUT2D eigenvalue weighted by molar-refractivity contribution is 6.31. The van der Waals surface area contributed by atoms with Gasteiger partial charge in [-0.15, -0.1) is 0 Å². The predicted molar refractivity (Wildman–Crippen MR) is 96.7 cm³/mol. The van der Waals surface area contributed by atoms with Crippen molar-refractivity contribution in [2.24, 2.45) is 0 Å². The van der Waals surface area contributed by atoms with Crippen LogP contribution in [0.15, 0.2) is 48.5 Å². The fourth-order valence-corrected chi connectivity index (χ4v) is 2.88. The van der Waals surface area contributed by atoms with E-state index < -0.39 is 23.7 Å². The number of fused-ring (bicyclic) bond motifs is 1. The Morgan fingerprint density at radius 2 is 2.04 bits per heavy atom. The van der Waals surface area contributed by atoms with E-state index >= 15 is 0 Å². The number of rotatable bonds is 5. The number of amides is 1. The smallest absolute Gasteiger partial charge is 0.328 e. The number of hydrogen-bond acceptors (Lipinski definition) is 3. The van der Waals surface area contributed by atoms with Crippen LogP contribution >= 0.6 is 11.6 Å². The van der Waals surface area contributed by atoms with Gasteiger partial charge in [0.05, 0.1) is 7.11 Å². The van der Waals surface area contributed by atoms with Gasteiger partial charge < -0.3 is 15.0 Å². The number of H-pyrrole nitrogens is 1. The van der Waals surface area contributed by atoms with E-state index in [2.05, 4.69) is 10.3 Å². The van der Waals surface area contributed by atoms with Crippen LogP contribution in [-0.2, 0) is 16.0 Å². The molecular weight excluding hydrogens is 359 g/mol. The summed E-state index contributed by atoms with van der Waals surface area (Å²) in [6.45, 7) is 0. The fourth-order valence-electron chi connectivity index (χ4n) is 2.70. The van der Waals surface area contributed by atoms with Crippen molar-refractivity contribution in [3.05, 3.63) is 70.6 Å². The van der Waals surface area contributed by atoms with Gasteiger partial charge in [-0.05, 0) is 42.0 Å². The molecule has 0 aliphatic rings. The molecule has 1 atom stereocenters. The van der Waals surface area contributed by atoms with Gasteiger partial charge >= 0.3 is 5.97 Å². The number of esters is 1. The Morgan fingerprint density at radius 3 is 2.77 bits per heavy atom. The molecule has 134 valence electrons. The number of ether oxygens (including phenoxy) is 1. The lowest BCUT2D eigenvalue weighted by Crippen LogP contribution is -2.43. The van der Waals surface area contributed by atoms with Gasteiger partial charge in [0.25, 0.3) is 5.91 Å². The van der Waals surface area contributed by atoms with Gasteiger partial charge in [-0.25, -0.2) is 9.18 Å². The first-order valence-corrected chi connectivity index (χ1v) is 8.25. The van der Waals surface area contributed by atoms with E-state index in [0.717, 1.165) is 10.9 Å². The first-order chi connectivity index (χ1) is 12.5. The Labute approximate surface area is 154 Å². The van der Waals surface area contributed by atoms with Gasteiger partial charge in [-0.2, -0.15) is 0 Å². The molecule has 3 aromatic rings. The van der Waals surface area contributed by atoms with Crippen LogP contribution < -0.4 is 5.32 Å². The molecule has 2 aromatic carbocycles. The Kier molecular flexibility index (Phi) is 5.23. The zero-order valence-electron chi connectivity index (χ0n) is 13.9. The van der Waals surface area contributed by atoms with Crippen molar-refractivity contribution in [1.82, 2.24) is 10.3 Å². The van der Waals surface area contributed by atoms with Crippen LogP contribution in [0.2, 0.25) is 5.02 Å². The van der Waals surface area contributed by atoms with Gasteiger partial charge in [0.2, 0.25) is 0 Å². The molecule has 1 aromatic heterocycles. The van der Waals surface area contributed by atoms with Crippen molar-refractivity contribution >= 4 is 34.4 Å². The molecular formula is C19H16ClFN2O3. The van der Waals surface area contributed by atoms with Crippen LogP contribution in [0.4, 0.5) is 4.39 Å². The van der Waals surface area contributed by atoms with Gasteiger partial charge in [0, 0.05) is 22.3 Å². The minimum absolute atomic E-state index is 0.113. The normalized spacial score (nSPS) is 12.0. The Hall–Kier alpha value is -2.86. The van der Waals surface area contributed by atoms with E-state index in [9.17, 15) is 14.0 Å². The summed E-state index contributed by atoms with van der Waals surface area (Å²) in [7, 11) is 1.23. The van der Waals surface area contributed by atoms with Crippen LogP contribution in [0.5, 0.6) is 0 Å². The molecule has 0 unspecified atom stereocenters. The highest BCUT2D eigenvalue weighted by Gasteiger charge is 2.23. The maximum atomic E-state index is 13.4. The summed E-state index contributed by atoms with van der Waals surface area (Å²) in [6.07, 6.45) is 0.113. The highest BCUT2D eigenvalue weighted by Crippen LogP contribution is 2.20. The molecule has 1 amide bonds. The minimum Gasteiger partial charge on any atom is -0.467 e. The second-order valence-electron chi connectivity index (χ2n) is 5.80. The summed E-state index contributed by atoms with van der Waals surface area (Å²) in [4.78, 5) is 27.5. The molecule has 0 bridgehead atoms. The lowest BCUT2D eigenvalue weighted by atomic mass is 10.1. The zero-order chi connectivity index (χ0) is 18.7. The quantitative estimate of drug-likeness (QED) is 0.672. The van der Waals surface area contributed by atoms with E-state index in [-0.39, 0.29) is 12.1 Å². The molecule has 7 heteroatoms. The number of benzene rings is 2. The first kappa shape index (κ1) is 17.9. The van der Waals surface area contributed by atoms with Gasteiger partial charge in [0.15, 0.2) is 0 Å². The third-order valence-corrected chi connectivity index (χ3v) is 4.18. The largest absolute Gasteiger partial charge is 0.467 e. The molecule has 0 saturated heterocycles. The molecule has 0 spiro atoms. The SMILES string of the molecule is COC(=O)[C@@H](Cc1cccc(F)c1)NC(=O)c1cc2cc(Cl)ccc2[nH]1. The number of halogens is 2. The average molecular weight is 375 g/mol. The van der Waals surface area contributed by atoms with Gasteiger partial charge in [-0.3, -0.25) is 4.79 Å². The van der Waals surface area contributed by atoms with Crippen LogP contribution in [0.1, 0.15) is 16.1 Å². The van der Waals surface area contributed by atoms with E-state index in [4.69, 9.17) is 16.3 Å². The first-order valence-electron chi connectivity index (χ1n) is 7.87. The third-order valence-electron chi connectivity index (χ3n) is 3.95. The minimum atomic E-state index is -0.940.